The van der Waals surface area contributed by atoms with E-state index in [0.717, 1.165) is 20.9 Å². The van der Waals surface area contributed by atoms with Gasteiger partial charge >= 0.3 is 0 Å². The summed E-state index contributed by atoms with van der Waals surface area (Å²) in [5, 5.41) is 37.8. The molecule has 150 valence electrons. The average molecular weight is 438 g/mol. The Hall–Kier alpha value is -5.08. The number of nitrogens with zero attached hydrogens (tertiary/aromatic N) is 6. The van der Waals surface area contributed by atoms with Crippen molar-refractivity contribution in [1.29, 1.82) is 21.0 Å². The number of thiophene rings is 1. The summed E-state index contributed by atoms with van der Waals surface area (Å²) in [7, 11) is 0. The number of hydrogen-bond acceptors (Lipinski definition) is 7. The Morgan fingerprint density at radius 1 is 0.667 bits per heavy atom. The highest BCUT2D eigenvalue weighted by Crippen LogP contribution is 2.46. The zero-order valence-corrected chi connectivity index (χ0v) is 17.7. The highest BCUT2D eigenvalue weighted by atomic mass is 32.1. The van der Waals surface area contributed by atoms with Gasteiger partial charge in [0, 0.05) is 20.9 Å². The molecule has 2 aromatic carbocycles. The van der Waals surface area contributed by atoms with Gasteiger partial charge in [0.15, 0.2) is 11.4 Å². The number of allylic oxidation sites excluding steroid dienone is 1. The van der Waals surface area contributed by atoms with Crippen molar-refractivity contribution < 1.29 is 0 Å². The first-order valence-corrected chi connectivity index (χ1v) is 10.6. The van der Waals surface area contributed by atoms with Gasteiger partial charge in [-0.25, -0.2) is 9.97 Å². The molecule has 1 aliphatic carbocycles. The minimum atomic E-state index is -0.136. The van der Waals surface area contributed by atoms with E-state index < -0.39 is 0 Å². The Labute approximate surface area is 193 Å². The average Bonchev–Trinajstić information content (AvgIpc) is 3.48. The molecule has 0 saturated carbocycles. The fourth-order valence-corrected chi connectivity index (χ4v) is 4.84. The molecule has 0 saturated heterocycles. The van der Waals surface area contributed by atoms with Crippen LogP contribution in [0.15, 0.2) is 66.2 Å². The van der Waals surface area contributed by atoms with Crippen LogP contribution in [0.3, 0.4) is 0 Å². The second-order valence-corrected chi connectivity index (χ2v) is 8.19. The van der Waals surface area contributed by atoms with Crippen LogP contribution >= 0.6 is 11.3 Å². The van der Waals surface area contributed by atoms with Gasteiger partial charge in [0.05, 0.1) is 5.69 Å². The van der Waals surface area contributed by atoms with Crippen LogP contribution in [0, 0.1) is 45.3 Å². The van der Waals surface area contributed by atoms with Crippen molar-refractivity contribution in [3.63, 3.8) is 0 Å². The molecule has 5 rings (SSSR count). The fourth-order valence-electron chi connectivity index (χ4n) is 3.83. The maximum atomic E-state index is 9.51. The van der Waals surface area contributed by atoms with E-state index in [1.54, 1.807) is 11.3 Å². The summed E-state index contributed by atoms with van der Waals surface area (Å²) in [5.74, 6) is 0. The minimum Gasteiger partial charge on any atom is -0.232 e. The quantitative estimate of drug-likeness (QED) is 0.338. The fraction of sp³-hybridized carbons (Fsp3) is 0. The second-order valence-electron chi connectivity index (χ2n) is 7.11. The maximum absolute atomic E-state index is 9.51. The molecular weight excluding hydrogens is 428 g/mol. The topological polar surface area (TPSA) is 121 Å². The van der Waals surface area contributed by atoms with Crippen LogP contribution in [0.5, 0.6) is 0 Å². The molecule has 0 N–H and O–H groups in total. The number of benzene rings is 2. The summed E-state index contributed by atoms with van der Waals surface area (Å²) in [4.78, 5) is 10.8. The van der Waals surface area contributed by atoms with Crippen LogP contribution in [0.1, 0.15) is 22.6 Å². The summed E-state index contributed by atoms with van der Waals surface area (Å²) in [6.45, 7) is 0. The van der Waals surface area contributed by atoms with Crippen molar-refractivity contribution in [2.45, 2.75) is 0 Å². The SMILES string of the molecule is N#CC(C#N)=C1c2ccc(-c3ccc(-c4ccccc4)s3)cc2-c2nc(C#N)c(C#N)nc21. The van der Waals surface area contributed by atoms with Crippen molar-refractivity contribution in [1.82, 2.24) is 9.97 Å². The van der Waals surface area contributed by atoms with Gasteiger partial charge in [-0.2, -0.15) is 21.0 Å². The zero-order chi connectivity index (χ0) is 22.9. The number of fused-ring (bicyclic) bond motifs is 3. The first-order valence-electron chi connectivity index (χ1n) is 9.76. The van der Waals surface area contributed by atoms with Crippen LogP contribution in [0.2, 0.25) is 0 Å². The van der Waals surface area contributed by atoms with E-state index in [9.17, 15) is 21.0 Å². The lowest BCUT2D eigenvalue weighted by Crippen LogP contribution is -2.00. The predicted octanol–water partition coefficient (Wildman–Crippen LogP) is 5.44. The minimum absolute atomic E-state index is 0.0909. The smallest absolute Gasteiger partial charge is 0.177 e. The number of aromatic nitrogens is 2. The normalized spacial score (nSPS) is 10.8. The van der Waals surface area contributed by atoms with Gasteiger partial charge in [-0.05, 0) is 34.9 Å². The first-order chi connectivity index (χ1) is 16.2. The van der Waals surface area contributed by atoms with Crippen molar-refractivity contribution >= 4 is 16.9 Å². The molecule has 6 nitrogen and oxygen atoms in total. The van der Waals surface area contributed by atoms with Crippen molar-refractivity contribution in [3.8, 4) is 56.4 Å². The molecule has 0 amide bonds. The van der Waals surface area contributed by atoms with Crippen LogP contribution in [0.4, 0.5) is 0 Å². The Morgan fingerprint density at radius 3 is 1.94 bits per heavy atom. The molecule has 0 spiro atoms. The Morgan fingerprint density at radius 2 is 1.30 bits per heavy atom. The Kier molecular flexibility index (Phi) is 4.74. The van der Waals surface area contributed by atoms with Gasteiger partial charge in [0.1, 0.15) is 35.5 Å². The molecule has 4 aromatic rings. The summed E-state index contributed by atoms with van der Waals surface area (Å²) in [6.07, 6.45) is 0. The lowest BCUT2D eigenvalue weighted by Gasteiger charge is -2.04. The molecular formula is C26H10N6S. The molecule has 1 aliphatic rings. The molecule has 0 atom stereocenters. The molecule has 0 unspecified atom stereocenters. The molecule has 0 aliphatic heterocycles. The van der Waals surface area contributed by atoms with Crippen LogP contribution in [-0.2, 0) is 0 Å². The van der Waals surface area contributed by atoms with Gasteiger partial charge in [-0.1, -0.05) is 42.5 Å². The highest BCUT2D eigenvalue weighted by molar-refractivity contribution is 7.18. The summed E-state index contributed by atoms with van der Waals surface area (Å²) in [5.41, 5.74) is 4.02. The molecule has 7 heteroatoms. The monoisotopic (exact) mass is 438 g/mol. The van der Waals surface area contributed by atoms with E-state index in [1.807, 2.05) is 66.7 Å². The largest absolute Gasteiger partial charge is 0.232 e. The maximum Gasteiger partial charge on any atom is 0.177 e. The lowest BCUT2D eigenvalue weighted by molar-refractivity contribution is 1.12. The lowest BCUT2D eigenvalue weighted by atomic mass is 9.99. The second kappa shape index (κ2) is 7.88. The van der Waals surface area contributed by atoms with Crippen LogP contribution in [-0.4, -0.2) is 9.97 Å². The van der Waals surface area contributed by atoms with E-state index in [1.165, 1.54) is 0 Å². The Balaban J connectivity index is 1.72. The van der Waals surface area contributed by atoms with Crippen LogP contribution < -0.4 is 0 Å². The highest BCUT2D eigenvalue weighted by Gasteiger charge is 2.31. The molecule has 2 aromatic heterocycles. The van der Waals surface area contributed by atoms with E-state index in [2.05, 4.69) is 28.2 Å². The summed E-state index contributed by atoms with van der Waals surface area (Å²) < 4.78 is 0. The molecule has 2 heterocycles. The molecule has 33 heavy (non-hydrogen) atoms. The molecule has 0 radical (unpaired) electrons. The van der Waals surface area contributed by atoms with E-state index in [4.69, 9.17) is 0 Å². The number of hydrogen-bond donors (Lipinski definition) is 0. The van der Waals surface area contributed by atoms with Crippen LogP contribution in [0.25, 0.3) is 37.7 Å². The molecule has 0 bridgehead atoms. The zero-order valence-electron chi connectivity index (χ0n) is 16.9. The number of rotatable bonds is 2. The van der Waals surface area contributed by atoms with Gasteiger partial charge < -0.3 is 0 Å². The van der Waals surface area contributed by atoms with Crippen molar-refractivity contribution in [2.75, 3.05) is 0 Å². The van der Waals surface area contributed by atoms with E-state index in [-0.39, 0.29) is 22.7 Å². The predicted molar refractivity (Wildman–Crippen MR) is 123 cm³/mol. The third-order valence-corrected chi connectivity index (χ3v) is 6.49. The van der Waals surface area contributed by atoms with Gasteiger partial charge in [0.2, 0.25) is 0 Å². The van der Waals surface area contributed by atoms with Gasteiger partial charge in [0.25, 0.3) is 0 Å². The van der Waals surface area contributed by atoms with E-state index >= 15 is 0 Å². The van der Waals surface area contributed by atoms with Gasteiger partial charge in [-0.15, -0.1) is 11.3 Å². The van der Waals surface area contributed by atoms with Gasteiger partial charge in [-0.3, -0.25) is 0 Å². The van der Waals surface area contributed by atoms with Crippen molar-refractivity contribution in [2.24, 2.45) is 0 Å². The molecule has 0 fully saturated rings. The summed E-state index contributed by atoms with van der Waals surface area (Å²) >= 11 is 1.65. The van der Waals surface area contributed by atoms with E-state index in [0.29, 0.717) is 22.4 Å². The van der Waals surface area contributed by atoms with Crippen molar-refractivity contribution in [3.05, 3.63) is 88.9 Å². The summed E-state index contributed by atoms with van der Waals surface area (Å²) in [6, 6.07) is 27.5. The Bertz CT molecular complexity index is 1630. The standard InChI is InChI=1S/C26H10N6S/c27-11-17(12-28)24-18-7-6-16(23-9-8-22(33-23)15-4-2-1-3-5-15)10-19(18)25-26(24)32-21(14-30)20(13-29)31-25/h1-10H. The number of nitriles is 4. The third-order valence-electron chi connectivity index (χ3n) is 5.31. The third kappa shape index (κ3) is 3.14. The first kappa shape index (κ1) is 19.9.